The summed E-state index contributed by atoms with van der Waals surface area (Å²) in [7, 11) is 1.91. The largest absolute Gasteiger partial charge is 0.370 e. The molecule has 1 aromatic carbocycles. The van der Waals surface area contributed by atoms with Gasteiger partial charge in [-0.15, -0.1) is 0 Å². The molecule has 1 aromatic heterocycles. The highest BCUT2D eigenvalue weighted by molar-refractivity contribution is 5.90. The third-order valence-corrected chi connectivity index (χ3v) is 3.46. The van der Waals surface area contributed by atoms with Crippen LogP contribution in [0.25, 0.3) is 10.9 Å². The minimum atomic E-state index is -0.217. The van der Waals surface area contributed by atoms with Crippen LogP contribution in [0.15, 0.2) is 24.3 Å². The van der Waals surface area contributed by atoms with Crippen molar-refractivity contribution < 1.29 is 9.53 Å². The molecule has 0 N–H and O–H groups in total. The van der Waals surface area contributed by atoms with E-state index in [1.165, 1.54) is 0 Å². The first kappa shape index (κ1) is 11.4. The highest BCUT2D eigenvalue weighted by Crippen LogP contribution is 2.20. The van der Waals surface area contributed by atoms with Crippen molar-refractivity contribution in [1.29, 1.82) is 0 Å². The molecule has 4 heteroatoms. The van der Waals surface area contributed by atoms with E-state index >= 15 is 0 Å². The van der Waals surface area contributed by atoms with Crippen molar-refractivity contribution in [2.75, 3.05) is 6.61 Å². The quantitative estimate of drug-likeness (QED) is 0.827. The second-order valence-electron chi connectivity index (χ2n) is 4.73. The van der Waals surface area contributed by atoms with E-state index in [1.54, 1.807) is 0 Å². The summed E-state index contributed by atoms with van der Waals surface area (Å²) in [6.45, 7) is 0.708. The zero-order valence-electron chi connectivity index (χ0n) is 10.4. The third kappa shape index (κ3) is 1.93. The van der Waals surface area contributed by atoms with Crippen LogP contribution in [0.3, 0.4) is 0 Å². The standard InChI is InChI=1S/C14H16N2O2/c1-16-12-6-3-2-5-10(12)11(15-16)9-13(17)14-7-4-8-18-14/h2-3,5-6,14H,4,7-9H2,1H3. The fraction of sp³-hybridized carbons (Fsp3) is 0.429. The van der Waals surface area contributed by atoms with Crippen molar-refractivity contribution in [2.24, 2.45) is 7.05 Å². The number of ether oxygens (including phenoxy) is 1. The van der Waals surface area contributed by atoms with Gasteiger partial charge in [0.15, 0.2) is 5.78 Å². The van der Waals surface area contributed by atoms with Gasteiger partial charge in [-0.1, -0.05) is 18.2 Å². The third-order valence-electron chi connectivity index (χ3n) is 3.46. The van der Waals surface area contributed by atoms with Crippen LogP contribution in [-0.4, -0.2) is 28.3 Å². The van der Waals surface area contributed by atoms with Gasteiger partial charge in [0.2, 0.25) is 0 Å². The van der Waals surface area contributed by atoms with Crippen LogP contribution in [0, 0.1) is 0 Å². The maximum atomic E-state index is 12.1. The molecule has 1 atom stereocenters. The maximum absolute atomic E-state index is 12.1. The smallest absolute Gasteiger partial charge is 0.167 e. The molecular formula is C14H16N2O2. The van der Waals surface area contributed by atoms with Crippen LogP contribution < -0.4 is 0 Å². The second kappa shape index (κ2) is 4.53. The van der Waals surface area contributed by atoms with Gasteiger partial charge in [0.05, 0.1) is 17.6 Å². The van der Waals surface area contributed by atoms with Gasteiger partial charge in [0, 0.05) is 19.0 Å². The molecule has 1 aliphatic rings. The van der Waals surface area contributed by atoms with Crippen molar-refractivity contribution in [3.63, 3.8) is 0 Å². The number of hydrogen-bond acceptors (Lipinski definition) is 3. The summed E-state index contributed by atoms with van der Waals surface area (Å²) >= 11 is 0. The lowest BCUT2D eigenvalue weighted by Gasteiger charge is -2.06. The van der Waals surface area contributed by atoms with E-state index in [0.717, 1.165) is 29.4 Å². The summed E-state index contributed by atoms with van der Waals surface area (Å²) in [5.41, 5.74) is 1.92. The monoisotopic (exact) mass is 244 g/mol. The van der Waals surface area contributed by atoms with E-state index in [-0.39, 0.29) is 11.9 Å². The van der Waals surface area contributed by atoms with Crippen LogP contribution in [0.5, 0.6) is 0 Å². The Morgan fingerprint density at radius 2 is 2.33 bits per heavy atom. The number of fused-ring (bicyclic) bond motifs is 1. The Labute approximate surface area is 106 Å². The molecule has 0 spiro atoms. The molecule has 2 aromatic rings. The number of carbonyl (C=O) groups excluding carboxylic acids is 1. The minimum absolute atomic E-state index is 0.149. The molecule has 0 aliphatic carbocycles. The molecule has 0 bridgehead atoms. The van der Waals surface area contributed by atoms with E-state index in [9.17, 15) is 4.79 Å². The number of para-hydroxylation sites is 1. The van der Waals surface area contributed by atoms with Gasteiger partial charge in [-0.2, -0.15) is 5.10 Å². The average Bonchev–Trinajstić information content (AvgIpc) is 3.00. The zero-order valence-corrected chi connectivity index (χ0v) is 10.4. The summed E-state index contributed by atoms with van der Waals surface area (Å²) in [6.07, 6.45) is 1.99. The van der Waals surface area contributed by atoms with Gasteiger partial charge in [0.25, 0.3) is 0 Å². The van der Waals surface area contributed by atoms with Crippen LogP contribution in [0.2, 0.25) is 0 Å². The van der Waals surface area contributed by atoms with Gasteiger partial charge in [-0.05, 0) is 18.9 Å². The number of hydrogen-bond donors (Lipinski definition) is 0. The van der Waals surface area contributed by atoms with Crippen LogP contribution in [0.1, 0.15) is 18.5 Å². The predicted molar refractivity (Wildman–Crippen MR) is 68.4 cm³/mol. The van der Waals surface area contributed by atoms with Crippen LogP contribution in [-0.2, 0) is 23.0 Å². The number of aromatic nitrogens is 2. The molecule has 1 saturated heterocycles. The fourth-order valence-corrected chi connectivity index (χ4v) is 2.53. The van der Waals surface area contributed by atoms with Crippen molar-refractivity contribution in [1.82, 2.24) is 9.78 Å². The van der Waals surface area contributed by atoms with Crippen molar-refractivity contribution in [2.45, 2.75) is 25.4 Å². The summed E-state index contributed by atoms with van der Waals surface area (Å²) in [5, 5.41) is 5.50. The van der Waals surface area contributed by atoms with Gasteiger partial charge >= 0.3 is 0 Å². The highest BCUT2D eigenvalue weighted by atomic mass is 16.5. The molecule has 0 radical (unpaired) electrons. The molecule has 3 rings (SSSR count). The molecule has 1 aliphatic heterocycles. The number of benzene rings is 1. The first-order valence-electron chi connectivity index (χ1n) is 6.30. The first-order chi connectivity index (χ1) is 8.75. The molecule has 94 valence electrons. The normalized spacial score (nSPS) is 19.5. The Morgan fingerprint density at radius 3 is 3.11 bits per heavy atom. The van der Waals surface area contributed by atoms with Gasteiger partial charge in [-0.25, -0.2) is 0 Å². The van der Waals surface area contributed by atoms with E-state index in [4.69, 9.17) is 4.74 Å². The average molecular weight is 244 g/mol. The lowest BCUT2D eigenvalue weighted by atomic mass is 10.1. The Hall–Kier alpha value is -1.68. The summed E-state index contributed by atoms with van der Waals surface area (Å²) < 4.78 is 7.25. The molecule has 1 unspecified atom stereocenters. The molecule has 2 heterocycles. The first-order valence-corrected chi connectivity index (χ1v) is 6.30. The SMILES string of the molecule is Cn1nc(CC(=O)C2CCCO2)c2ccccc21. The lowest BCUT2D eigenvalue weighted by molar-refractivity contribution is -0.127. The molecule has 1 fully saturated rings. The Morgan fingerprint density at radius 1 is 1.50 bits per heavy atom. The van der Waals surface area contributed by atoms with Crippen LogP contribution in [0.4, 0.5) is 0 Å². The summed E-state index contributed by atoms with van der Waals surface area (Å²) in [4.78, 5) is 12.1. The molecule has 0 saturated carbocycles. The number of carbonyl (C=O) groups is 1. The number of ketones is 1. The van der Waals surface area contributed by atoms with Gasteiger partial charge in [-0.3, -0.25) is 9.48 Å². The Balaban J connectivity index is 1.88. The second-order valence-corrected chi connectivity index (χ2v) is 4.73. The number of Topliss-reactive ketones (excluding diaryl/α,β-unsaturated/α-hetero) is 1. The molecule has 18 heavy (non-hydrogen) atoms. The van der Waals surface area contributed by atoms with E-state index in [1.807, 2.05) is 36.0 Å². The van der Waals surface area contributed by atoms with Crippen LogP contribution >= 0.6 is 0 Å². The lowest BCUT2D eigenvalue weighted by Crippen LogP contribution is -2.21. The topological polar surface area (TPSA) is 44.1 Å². The minimum Gasteiger partial charge on any atom is -0.370 e. The maximum Gasteiger partial charge on any atom is 0.167 e. The Kier molecular flexibility index (Phi) is 2.88. The predicted octanol–water partition coefficient (Wildman–Crippen LogP) is 1.86. The summed E-state index contributed by atoms with van der Waals surface area (Å²) in [6, 6.07) is 7.99. The van der Waals surface area contributed by atoms with Crippen molar-refractivity contribution >= 4 is 16.7 Å². The van der Waals surface area contributed by atoms with E-state index in [2.05, 4.69) is 5.10 Å². The number of rotatable bonds is 3. The van der Waals surface area contributed by atoms with Gasteiger partial charge in [0.1, 0.15) is 6.10 Å². The Bertz CT molecular complexity index is 582. The van der Waals surface area contributed by atoms with E-state index < -0.39 is 0 Å². The van der Waals surface area contributed by atoms with E-state index in [0.29, 0.717) is 13.0 Å². The van der Waals surface area contributed by atoms with Crippen molar-refractivity contribution in [3.8, 4) is 0 Å². The van der Waals surface area contributed by atoms with Crippen molar-refractivity contribution in [3.05, 3.63) is 30.0 Å². The van der Waals surface area contributed by atoms with Gasteiger partial charge < -0.3 is 4.74 Å². The summed E-state index contributed by atoms with van der Waals surface area (Å²) in [5.74, 6) is 0.149. The highest BCUT2D eigenvalue weighted by Gasteiger charge is 2.24. The number of aryl methyl sites for hydroxylation is 1. The molecule has 4 nitrogen and oxygen atoms in total. The number of nitrogens with zero attached hydrogens (tertiary/aromatic N) is 2. The molecular weight excluding hydrogens is 228 g/mol. The molecule has 0 amide bonds. The fourth-order valence-electron chi connectivity index (χ4n) is 2.53. The zero-order chi connectivity index (χ0) is 12.5.